The Hall–Kier alpha value is -3.06. The summed E-state index contributed by atoms with van der Waals surface area (Å²) in [4.78, 5) is 26.5. The van der Waals surface area contributed by atoms with E-state index in [1.54, 1.807) is 47.4 Å². The van der Waals surface area contributed by atoms with Gasteiger partial charge in [-0.2, -0.15) is 5.10 Å². The molecule has 0 spiro atoms. The highest BCUT2D eigenvalue weighted by Gasteiger charge is 2.35. The van der Waals surface area contributed by atoms with Gasteiger partial charge in [-0.25, -0.2) is 5.43 Å². The third-order valence-corrected chi connectivity index (χ3v) is 6.26. The van der Waals surface area contributed by atoms with Crippen molar-refractivity contribution >= 4 is 58.5 Å². The second-order valence-electron chi connectivity index (χ2n) is 7.73. The second-order valence-corrected chi connectivity index (χ2v) is 8.98. The number of amides is 2. The van der Waals surface area contributed by atoms with E-state index in [0.717, 1.165) is 11.1 Å². The molecule has 0 aromatic heterocycles. The fourth-order valence-electron chi connectivity index (χ4n) is 3.50. The van der Waals surface area contributed by atoms with E-state index >= 15 is 0 Å². The minimum absolute atomic E-state index is 0.113. The van der Waals surface area contributed by atoms with Gasteiger partial charge in [0.15, 0.2) is 0 Å². The Balaban J connectivity index is 1.30. The number of rotatable bonds is 7. The zero-order valence-corrected chi connectivity index (χ0v) is 20.1. The minimum Gasteiger partial charge on any atom is -0.489 e. The van der Waals surface area contributed by atoms with Gasteiger partial charge in [0.1, 0.15) is 12.4 Å². The van der Waals surface area contributed by atoms with Crippen molar-refractivity contribution in [2.75, 3.05) is 11.4 Å². The van der Waals surface area contributed by atoms with Crippen molar-refractivity contribution in [2.45, 2.75) is 13.0 Å². The molecule has 1 fully saturated rings. The van der Waals surface area contributed by atoms with Crippen LogP contribution in [0, 0.1) is 5.92 Å². The number of nitrogens with one attached hydrogen (secondary N) is 1. The average molecular weight is 517 g/mol. The van der Waals surface area contributed by atoms with Crippen LogP contribution in [-0.2, 0) is 16.2 Å². The highest BCUT2D eigenvalue weighted by molar-refractivity contribution is 6.42. The summed E-state index contributed by atoms with van der Waals surface area (Å²) >= 11 is 17.9. The smallest absolute Gasteiger partial charge is 0.245 e. The van der Waals surface area contributed by atoms with E-state index in [2.05, 4.69) is 10.5 Å². The molecule has 4 rings (SSSR count). The van der Waals surface area contributed by atoms with E-state index in [9.17, 15) is 9.59 Å². The molecule has 0 aliphatic carbocycles. The summed E-state index contributed by atoms with van der Waals surface area (Å²) in [7, 11) is 0. The van der Waals surface area contributed by atoms with Crippen molar-refractivity contribution < 1.29 is 14.3 Å². The Morgan fingerprint density at radius 2 is 1.85 bits per heavy atom. The molecular weight excluding hydrogens is 497 g/mol. The van der Waals surface area contributed by atoms with Gasteiger partial charge in [0.25, 0.3) is 0 Å². The highest BCUT2D eigenvalue weighted by Crippen LogP contribution is 2.26. The van der Waals surface area contributed by atoms with Gasteiger partial charge in [-0.15, -0.1) is 0 Å². The molecule has 0 saturated carbocycles. The minimum atomic E-state index is -0.485. The predicted molar refractivity (Wildman–Crippen MR) is 135 cm³/mol. The van der Waals surface area contributed by atoms with Crippen LogP contribution in [-0.4, -0.2) is 24.6 Å². The van der Waals surface area contributed by atoms with Crippen molar-refractivity contribution in [3.8, 4) is 5.75 Å². The van der Waals surface area contributed by atoms with Crippen LogP contribution in [0.2, 0.25) is 15.1 Å². The number of halogens is 3. The molecule has 9 heteroatoms. The molecule has 1 aliphatic heterocycles. The quantitative estimate of drug-likeness (QED) is 0.322. The number of anilines is 1. The van der Waals surface area contributed by atoms with E-state index < -0.39 is 5.92 Å². The lowest BCUT2D eigenvalue weighted by Gasteiger charge is -2.16. The monoisotopic (exact) mass is 515 g/mol. The van der Waals surface area contributed by atoms with Gasteiger partial charge in [-0.3, -0.25) is 9.59 Å². The predicted octanol–water partition coefficient (Wildman–Crippen LogP) is 5.73. The first-order valence-electron chi connectivity index (χ1n) is 10.4. The van der Waals surface area contributed by atoms with Crippen molar-refractivity contribution in [3.05, 3.63) is 92.9 Å². The fraction of sp³-hybridized carbons (Fsp3) is 0.160. The maximum absolute atomic E-state index is 12.5. The molecule has 34 heavy (non-hydrogen) atoms. The van der Waals surface area contributed by atoms with Gasteiger partial charge in [0.05, 0.1) is 22.2 Å². The molecule has 6 nitrogen and oxygen atoms in total. The number of nitrogens with zero attached hydrogens (tertiary/aromatic N) is 2. The first kappa shape index (κ1) is 24.1. The largest absolute Gasteiger partial charge is 0.489 e. The third-order valence-electron chi connectivity index (χ3n) is 5.27. The molecule has 1 N–H and O–H groups in total. The highest BCUT2D eigenvalue weighted by atomic mass is 35.5. The Morgan fingerprint density at radius 3 is 2.62 bits per heavy atom. The number of hydrogen-bond acceptors (Lipinski definition) is 4. The number of hydrogen-bond donors (Lipinski definition) is 1. The molecule has 1 heterocycles. The first-order valence-corrected chi connectivity index (χ1v) is 11.6. The topological polar surface area (TPSA) is 71.0 Å². The Morgan fingerprint density at radius 1 is 1.06 bits per heavy atom. The zero-order valence-electron chi connectivity index (χ0n) is 17.9. The Kier molecular flexibility index (Phi) is 7.73. The Bertz CT molecular complexity index is 1230. The Labute approximate surface area is 212 Å². The van der Waals surface area contributed by atoms with Gasteiger partial charge in [-0.1, -0.05) is 53.0 Å². The van der Waals surface area contributed by atoms with E-state index in [-0.39, 0.29) is 18.2 Å². The van der Waals surface area contributed by atoms with Crippen LogP contribution >= 0.6 is 34.8 Å². The SMILES string of the molecule is O=C(N/N=C\c1cccc(OCc2ccc(Cl)c(Cl)c2)c1)[C@@H]1CC(=O)N(c2ccc(Cl)cc2)C1. The maximum Gasteiger partial charge on any atom is 0.245 e. The van der Waals surface area contributed by atoms with Gasteiger partial charge >= 0.3 is 0 Å². The van der Waals surface area contributed by atoms with Crippen LogP contribution in [0.15, 0.2) is 71.8 Å². The van der Waals surface area contributed by atoms with Crippen LogP contribution in [0.1, 0.15) is 17.5 Å². The van der Waals surface area contributed by atoms with Gasteiger partial charge in [0, 0.05) is 23.7 Å². The molecule has 3 aromatic rings. The molecular formula is C25H20Cl3N3O3. The third kappa shape index (κ3) is 6.08. The summed E-state index contributed by atoms with van der Waals surface area (Å²) < 4.78 is 5.81. The van der Waals surface area contributed by atoms with Crippen LogP contribution in [0.3, 0.4) is 0 Å². The van der Waals surface area contributed by atoms with Crippen LogP contribution < -0.4 is 15.1 Å². The molecule has 0 bridgehead atoms. The molecule has 1 atom stereocenters. The molecule has 174 valence electrons. The van der Waals surface area contributed by atoms with E-state index in [1.807, 2.05) is 24.3 Å². The number of carbonyl (C=O) groups is 2. The molecule has 1 aliphatic rings. The summed E-state index contributed by atoms with van der Waals surface area (Å²) in [5.41, 5.74) is 4.88. The summed E-state index contributed by atoms with van der Waals surface area (Å²) in [6.07, 6.45) is 1.65. The average Bonchev–Trinajstić information content (AvgIpc) is 3.22. The molecule has 0 radical (unpaired) electrons. The lowest BCUT2D eigenvalue weighted by Crippen LogP contribution is -2.30. The zero-order chi connectivity index (χ0) is 24.1. The number of carbonyl (C=O) groups excluding carboxylic acids is 2. The first-order chi connectivity index (χ1) is 16.4. The lowest BCUT2D eigenvalue weighted by atomic mass is 10.1. The number of ether oxygens (including phenoxy) is 1. The second kappa shape index (κ2) is 10.9. The standard InChI is InChI=1S/C25H20Cl3N3O3/c26-19-5-7-20(8-6-19)31-14-18(12-24(31)32)25(33)30-29-13-16-2-1-3-21(10-16)34-15-17-4-9-22(27)23(28)11-17/h1-11,13,18H,12,14-15H2,(H,30,33)/b29-13-/t18-/m1/s1. The van der Waals surface area contributed by atoms with Crippen molar-refractivity contribution in [1.82, 2.24) is 5.43 Å². The molecule has 0 unspecified atom stereocenters. The van der Waals surface area contributed by atoms with Crippen molar-refractivity contribution in [1.29, 1.82) is 0 Å². The van der Waals surface area contributed by atoms with Crippen molar-refractivity contribution in [2.24, 2.45) is 11.0 Å². The summed E-state index contributed by atoms with van der Waals surface area (Å²) in [6.45, 7) is 0.619. The van der Waals surface area contributed by atoms with Crippen molar-refractivity contribution in [3.63, 3.8) is 0 Å². The molecule has 1 saturated heterocycles. The summed E-state index contributed by atoms with van der Waals surface area (Å²) in [6, 6.07) is 19.6. The maximum atomic E-state index is 12.5. The lowest BCUT2D eigenvalue weighted by molar-refractivity contribution is -0.126. The van der Waals surface area contributed by atoms with E-state index in [4.69, 9.17) is 39.5 Å². The van der Waals surface area contributed by atoms with Gasteiger partial charge < -0.3 is 9.64 Å². The summed E-state index contributed by atoms with van der Waals surface area (Å²) in [5.74, 6) is -0.270. The number of hydrazone groups is 1. The van der Waals surface area contributed by atoms with E-state index in [1.165, 1.54) is 6.21 Å². The fourth-order valence-corrected chi connectivity index (χ4v) is 3.94. The van der Waals surface area contributed by atoms with Gasteiger partial charge in [0.2, 0.25) is 11.8 Å². The normalized spacial score (nSPS) is 15.7. The van der Waals surface area contributed by atoms with Crippen LogP contribution in [0.5, 0.6) is 5.75 Å². The van der Waals surface area contributed by atoms with Crippen LogP contribution in [0.25, 0.3) is 0 Å². The molecule has 2 amide bonds. The molecule has 3 aromatic carbocycles. The van der Waals surface area contributed by atoms with Gasteiger partial charge in [-0.05, 0) is 59.7 Å². The summed E-state index contributed by atoms with van der Waals surface area (Å²) in [5, 5.41) is 5.59. The van der Waals surface area contributed by atoms with Crippen LogP contribution in [0.4, 0.5) is 5.69 Å². The van der Waals surface area contributed by atoms with E-state index in [0.29, 0.717) is 39.7 Å². The number of benzene rings is 3.